The molecule has 5 heteroatoms. The average molecular weight is 364 g/mol. The molecule has 3 aromatic rings. The van der Waals surface area contributed by atoms with Gasteiger partial charge in [-0.2, -0.15) is 0 Å². The minimum Gasteiger partial charge on any atom is -0.497 e. The van der Waals surface area contributed by atoms with Gasteiger partial charge in [0.15, 0.2) is 0 Å². The van der Waals surface area contributed by atoms with Crippen LogP contribution in [0.2, 0.25) is 0 Å². The minimum atomic E-state index is -0.268. The highest BCUT2D eigenvalue weighted by Crippen LogP contribution is 2.24. The third-order valence-electron chi connectivity index (χ3n) is 3.83. The van der Waals surface area contributed by atoms with Gasteiger partial charge in [0.25, 0.3) is 0 Å². The van der Waals surface area contributed by atoms with E-state index in [2.05, 4.69) is 10.3 Å². The molecule has 1 aromatic heterocycles. The number of aromatic nitrogens is 1. The van der Waals surface area contributed by atoms with Crippen LogP contribution in [0.25, 0.3) is 0 Å². The monoisotopic (exact) mass is 364 g/mol. The molecule has 0 saturated heterocycles. The molecule has 0 aliphatic rings. The second-order valence-corrected chi connectivity index (χ2v) is 6.68. The Kier molecular flexibility index (Phi) is 6.28. The van der Waals surface area contributed by atoms with Gasteiger partial charge >= 0.3 is 0 Å². The number of nitrogens with zero attached hydrogens (tertiary/aromatic N) is 1. The maximum atomic E-state index is 12.5. The first-order valence-electron chi connectivity index (χ1n) is 8.28. The maximum absolute atomic E-state index is 12.5. The summed E-state index contributed by atoms with van der Waals surface area (Å²) in [6.45, 7) is 0. The Labute approximate surface area is 157 Å². The highest BCUT2D eigenvalue weighted by molar-refractivity contribution is 8.00. The van der Waals surface area contributed by atoms with Crippen LogP contribution in [0.15, 0.2) is 83.9 Å². The van der Waals surface area contributed by atoms with Crippen LogP contribution in [0.3, 0.4) is 0 Å². The number of rotatable bonds is 7. The van der Waals surface area contributed by atoms with E-state index in [9.17, 15) is 4.79 Å². The fourth-order valence-electron chi connectivity index (χ4n) is 2.56. The molecule has 0 aliphatic carbocycles. The van der Waals surface area contributed by atoms with Crippen molar-refractivity contribution in [3.63, 3.8) is 0 Å². The number of benzene rings is 2. The Morgan fingerprint density at radius 2 is 1.88 bits per heavy atom. The zero-order valence-corrected chi connectivity index (χ0v) is 15.3. The summed E-state index contributed by atoms with van der Waals surface area (Å²) < 4.78 is 5.22. The lowest BCUT2D eigenvalue weighted by atomic mass is 10.0. The van der Waals surface area contributed by atoms with Crippen molar-refractivity contribution in [1.29, 1.82) is 0 Å². The number of nitrogens with one attached hydrogen (secondary N) is 1. The molecule has 0 fully saturated rings. The van der Waals surface area contributed by atoms with Gasteiger partial charge in [-0.25, -0.2) is 0 Å². The number of methoxy groups -OCH3 is 1. The molecule has 0 spiro atoms. The summed E-state index contributed by atoms with van der Waals surface area (Å²) in [6, 6.07) is 23.0. The Morgan fingerprint density at radius 3 is 2.62 bits per heavy atom. The first kappa shape index (κ1) is 18.0. The third kappa shape index (κ3) is 4.86. The number of amides is 1. The molecule has 0 radical (unpaired) electrons. The van der Waals surface area contributed by atoms with Crippen molar-refractivity contribution in [1.82, 2.24) is 10.3 Å². The van der Waals surface area contributed by atoms with Gasteiger partial charge in [-0.05, 0) is 35.9 Å². The maximum Gasteiger partial charge on any atom is 0.231 e. The van der Waals surface area contributed by atoms with Gasteiger partial charge in [0.1, 0.15) is 5.75 Å². The summed E-state index contributed by atoms with van der Waals surface area (Å²) in [4.78, 5) is 17.9. The van der Waals surface area contributed by atoms with Crippen LogP contribution in [-0.4, -0.2) is 23.8 Å². The molecule has 4 nitrogen and oxygen atoms in total. The highest BCUT2D eigenvalue weighted by Gasteiger charge is 2.17. The molecule has 1 atom stereocenters. The zero-order chi connectivity index (χ0) is 18.2. The van der Waals surface area contributed by atoms with Crippen molar-refractivity contribution >= 4 is 17.7 Å². The molecule has 0 saturated carbocycles. The fraction of sp³-hybridized carbons (Fsp3) is 0.143. The molecule has 1 heterocycles. The van der Waals surface area contributed by atoms with E-state index >= 15 is 0 Å². The molecule has 0 aliphatic heterocycles. The van der Waals surface area contributed by atoms with E-state index in [1.165, 1.54) is 11.8 Å². The predicted octanol–water partition coefficient (Wildman–Crippen LogP) is 4.09. The molecule has 1 N–H and O–H groups in total. The number of thioether (sulfide) groups is 1. The molecule has 2 aromatic carbocycles. The van der Waals surface area contributed by atoms with E-state index in [0.717, 1.165) is 21.9 Å². The van der Waals surface area contributed by atoms with Crippen molar-refractivity contribution in [2.45, 2.75) is 10.9 Å². The van der Waals surface area contributed by atoms with Gasteiger partial charge in [0, 0.05) is 11.1 Å². The van der Waals surface area contributed by atoms with E-state index in [1.807, 2.05) is 72.8 Å². The second-order valence-electron chi connectivity index (χ2n) is 5.63. The van der Waals surface area contributed by atoms with Crippen molar-refractivity contribution in [2.24, 2.45) is 0 Å². The largest absolute Gasteiger partial charge is 0.497 e. The van der Waals surface area contributed by atoms with Crippen LogP contribution in [0, 0.1) is 0 Å². The quantitative estimate of drug-likeness (QED) is 0.642. The van der Waals surface area contributed by atoms with Gasteiger partial charge < -0.3 is 10.1 Å². The second kappa shape index (κ2) is 9.06. The number of pyridine rings is 1. The fourth-order valence-corrected chi connectivity index (χ4v) is 3.32. The predicted molar refractivity (Wildman–Crippen MR) is 104 cm³/mol. The molecule has 0 bridgehead atoms. The smallest absolute Gasteiger partial charge is 0.231 e. The lowest BCUT2D eigenvalue weighted by Crippen LogP contribution is -2.31. The van der Waals surface area contributed by atoms with Crippen molar-refractivity contribution < 1.29 is 9.53 Å². The van der Waals surface area contributed by atoms with Gasteiger partial charge in [-0.15, -0.1) is 11.8 Å². The van der Waals surface area contributed by atoms with E-state index in [1.54, 1.807) is 13.3 Å². The Bertz CT molecular complexity index is 801. The molecule has 3 rings (SSSR count). The van der Waals surface area contributed by atoms with Crippen molar-refractivity contribution in [2.75, 3.05) is 12.9 Å². The zero-order valence-electron chi connectivity index (χ0n) is 14.5. The molecule has 132 valence electrons. The normalized spacial score (nSPS) is 11.6. The molecular formula is C21H20N2O2S. The lowest BCUT2D eigenvalue weighted by Gasteiger charge is -2.19. The average Bonchev–Trinajstić information content (AvgIpc) is 2.72. The molecule has 1 unspecified atom stereocenters. The van der Waals surface area contributed by atoms with Crippen LogP contribution in [-0.2, 0) is 4.79 Å². The van der Waals surface area contributed by atoms with Crippen molar-refractivity contribution in [3.8, 4) is 5.75 Å². The van der Waals surface area contributed by atoms with E-state index in [-0.39, 0.29) is 11.9 Å². The molecule has 1 amide bonds. The third-order valence-corrected chi connectivity index (χ3v) is 4.83. The first-order chi connectivity index (χ1) is 12.8. The first-order valence-corrected chi connectivity index (χ1v) is 9.27. The van der Waals surface area contributed by atoms with Crippen LogP contribution < -0.4 is 10.1 Å². The standard InChI is InChI=1S/C21H20N2O2S/c1-25-17-10-7-11-18(14-17)26-15-20(24)23-21(16-8-3-2-4-9-16)19-12-5-6-13-22-19/h2-14,21H,15H2,1H3,(H,23,24). The number of carbonyl (C=O) groups excluding carboxylic acids is 1. The van der Waals surface area contributed by atoms with E-state index in [4.69, 9.17) is 4.74 Å². The lowest BCUT2D eigenvalue weighted by molar-refractivity contribution is -0.119. The number of ether oxygens (including phenoxy) is 1. The summed E-state index contributed by atoms with van der Waals surface area (Å²) >= 11 is 1.48. The van der Waals surface area contributed by atoms with Gasteiger partial charge in [-0.3, -0.25) is 9.78 Å². The summed E-state index contributed by atoms with van der Waals surface area (Å²) in [5.41, 5.74) is 1.82. The van der Waals surface area contributed by atoms with Gasteiger partial charge in [0.05, 0.1) is 24.6 Å². The van der Waals surface area contributed by atoms with Gasteiger partial charge in [0.2, 0.25) is 5.91 Å². The number of hydrogen-bond acceptors (Lipinski definition) is 4. The van der Waals surface area contributed by atoms with Crippen LogP contribution in [0.1, 0.15) is 17.3 Å². The van der Waals surface area contributed by atoms with Crippen LogP contribution >= 0.6 is 11.8 Å². The highest BCUT2D eigenvalue weighted by atomic mass is 32.2. The number of hydrogen-bond donors (Lipinski definition) is 1. The number of carbonyl (C=O) groups is 1. The SMILES string of the molecule is COc1cccc(SCC(=O)NC(c2ccccc2)c2ccccn2)c1. The summed E-state index contributed by atoms with van der Waals surface area (Å²) in [6.07, 6.45) is 1.74. The van der Waals surface area contributed by atoms with E-state index < -0.39 is 0 Å². The molecular weight excluding hydrogens is 344 g/mol. The topological polar surface area (TPSA) is 51.2 Å². The van der Waals surface area contributed by atoms with Crippen LogP contribution in [0.4, 0.5) is 0 Å². The summed E-state index contributed by atoms with van der Waals surface area (Å²) in [5.74, 6) is 1.06. The Hall–Kier alpha value is -2.79. The van der Waals surface area contributed by atoms with Gasteiger partial charge in [-0.1, -0.05) is 42.5 Å². The Balaban J connectivity index is 1.69. The van der Waals surface area contributed by atoms with E-state index in [0.29, 0.717) is 5.75 Å². The Morgan fingerprint density at radius 1 is 1.08 bits per heavy atom. The summed E-state index contributed by atoms with van der Waals surface area (Å²) in [5, 5.41) is 3.09. The minimum absolute atomic E-state index is 0.0441. The summed E-state index contributed by atoms with van der Waals surface area (Å²) in [7, 11) is 1.63. The molecule has 26 heavy (non-hydrogen) atoms. The van der Waals surface area contributed by atoms with Crippen molar-refractivity contribution in [3.05, 3.63) is 90.3 Å². The van der Waals surface area contributed by atoms with Crippen LogP contribution in [0.5, 0.6) is 5.75 Å².